The molecule has 0 saturated heterocycles. The smallest absolute Gasteiger partial charge is 0.322 e. The quantitative estimate of drug-likeness (QED) is 0.526. The molecule has 1 aromatic heterocycles. The molecule has 0 aliphatic heterocycles. The van der Waals surface area contributed by atoms with Crippen molar-refractivity contribution in [1.29, 1.82) is 0 Å². The average molecular weight is 415 g/mol. The van der Waals surface area contributed by atoms with Crippen molar-refractivity contribution in [2.75, 3.05) is 32.4 Å². The molecule has 0 aliphatic rings. The van der Waals surface area contributed by atoms with Crippen molar-refractivity contribution < 1.29 is 23.4 Å². The highest BCUT2D eigenvalue weighted by Gasteiger charge is 2.16. The maximum atomic E-state index is 12.1. The van der Waals surface area contributed by atoms with Crippen LogP contribution >= 0.6 is 11.8 Å². The third-order valence-corrected chi connectivity index (χ3v) is 4.98. The number of methoxy groups -OCH3 is 3. The normalized spacial score (nSPS) is 10.4. The van der Waals surface area contributed by atoms with Crippen LogP contribution in [-0.2, 0) is 4.79 Å². The summed E-state index contributed by atoms with van der Waals surface area (Å²) in [5, 5.41) is 10.5. The monoisotopic (exact) mass is 415 g/mol. The molecule has 2 aromatic carbocycles. The van der Waals surface area contributed by atoms with Gasteiger partial charge in [-0.1, -0.05) is 5.10 Å². The van der Waals surface area contributed by atoms with E-state index < -0.39 is 0 Å². The number of aromatic nitrogens is 2. The van der Waals surface area contributed by atoms with Gasteiger partial charge in [-0.15, -0.1) is 16.9 Å². The molecule has 0 atom stereocenters. The molecule has 152 valence electrons. The largest absolute Gasteiger partial charge is 0.497 e. The number of thioether (sulfide) groups is 1. The van der Waals surface area contributed by atoms with E-state index >= 15 is 0 Å². The van der Waals surface area contributed by atoms with Crippen molar-refractivity contribution >= 4 is 23.7 Å². The lowest BCUT2D eigenvalue weighted by Crippen LogP contribution is -2.12. The van der Waals surface area contributed by atoms with E-state index in [0.29, 0.717) is 29.2 Å². The van der Waals surface area contributed by atoms with Gasteiger partial charge >= 0.3 is 6.01 Å². The van der Waals surface area contributed by atoms with Gasteiger partial charge in [-0.25, -0.2) is 0 Å². The van der Waals surface area contributed by atoms with Crippen molar-refractivity contribution in [3.8, 4) is 28.7 Å². The first-order valence-corrected chi connectivity index (χ1v) is 9.74. The molecule has 3 rings (SSSR count). The Morgan fingerprint density at radius 1 is 1.00 bits per heavy atom. The summed E-state index contributed by atoms with van der Waals surface area (Å²) in [7, 11) is 4.74. The van der Waals surface area contributed by atoms with Crippen LogP contribution < -0.4 is 19.5 Å². The van der Waals surface area contributed by atoms with Crippen LogP contribution in [0.3, 0.4) is 0 Å². The van der Waals surface area contributed by atoms with E-state index in [-0.39, 0.29) is 17.8 Å². The molecule has 0 unspecified atom stereocenters. The lowest BCUT2D eigenvalue weighted by molar-refractivity contribution is -0.115. The predicted octanol–water partition coefficient (Wildman–Crippen LogP) is 3.88. The van der Waals surface area contributed by atoms with Crippen molar-refractivity contribution in [2.45, 2.75) is 11.3 Å². The van der Waals surface area contributed by atoms with Gasteiger partial charge in [0.2, 0.25) is 5.91 Å². The fraction of sp³-hybridized carbons (Fsp3) is 0.250. The summed E-state index contributed by atoms with van der Waals surface area (Å²) in [5.74, 6) is 2.63. The molecule has 0 bridgehead atoms. The van der Waals surface area contributed by atoms with Crippen LogP contribution in [0.25, 0.3) is 11.5 Å². The number of nitrogens with one attached hydrogen (secondary N) is 1. The van der Waals surface area contributed by atoms with Gasteiger partial charge in [0.25, 0.3) is 5.89 Å². The second-order valence-corrected chi connectivity index (χ2v) is 6.97. The molecule has 8 nitrogen and oxygen atoms in total. The Hall–Kier alpha value is -3.20. The van der Waals surface area contributed by atoms with E-state index in [0.717, 1.165) is 10.6 Å². The zero-order valence-corrected chi connectivity index (χ0v) is 17.1. The molecule has 0 spiro atoms. The van der Waals surface area contributed by atoms with Crippen LogP contribution in [0.15, 0.2) is 51.8 Å². The van der Waals surface area contributed by atoms with Crippen LogP contribution in [0.1, 0.15) is 6.42 Å². The van der Waals surface area contributed by atoms with Gasteiger partial charge in [-0.3, -0.25) is 10.1 Å². The molecule has 1 amide bonds. The number of nitrogens with zero attached hydrogens (tertiary/aromatic N) is 2. The summed E-state index contributed by atoms with van der Waals surface area (Å²) in [6.07, 6.45) is 0.306. The van der Waals surface area contributed by atoms with E-state index in [4.69, 9.17) is 18.6 Å². The molecular formula is C20H21N3O5S. The van der Waals surface area contributed by atoms with Crippen molar-refractivity contribution in [3.05, 3.63) is 42.5 Å². The number of hydrogen-bond acceptors (Lipinski definition) is 8. The molecule has 0 saturated carbocycles. The predicted molar refractivity (Wildman–Crippen MR) is 110 cm³/mol. The Kier molecular flexibility index (Phi) is 6.96. The number of amides is 1. The van der Waals surface area contributed by atoms with Gasteiger partial charge in [0.05, 0.1) is 26.9 Å². The van der Waals surface area contributed by atoms with Crippen LogP contribution in [0.2, 0.25) is 0 Å². The summed E-state index contributed by atoms with van der Waals surface area (Å²) in [4.78, 5) is 13.2. The Bertz CT molecular complexity index is 959. The van der Waals surface area contributed by atoms with E-state index in [1.165, 1.54) is 7.11 Å². The number of rotatable bonds is 9. The zero-order valence-electron chi connectivity index (χ0n) is 16.3. The molecule has 0 radical (unpaired) electrons. The second kappa shape index (κ2) is 9.83. The Balaban J connectivity index is 1.55. The van der Waals surface area contributed by atoms with Crippen LogP contribution in [0.5, 0.6) is 17.2 Å². The van der Waals surface area contributed by atoms with E-state index in [9.17, 15) is 4.79 Å². The Morgan fingerprint density at radius 2 is 1.72 bits per heavy atom. The third kappa shape index (κ3) is 5.41. The van der Waals surface area contributed by atoms with E-state index in [2.05, 4.69) is 15.5 Å². The van der Waals surface area contributed by atoms with Crippen LogP contribution in [0.4, 0.5) is 6.01 Å². The lowest BCUT2D eigenvalue weighted by atomic mass is 10.2. The number of ether oxygens (including phenoxy) is 3. The van der Waals surface area contributed by atoms with Crippen molar-refractivity contribution in [2.24, 2.45) is 0 Å². The Labute approximate surface area is 172 Å². The standard InChI is InChI=1S/C20H21N3O5S/c1-25-13-4-7-15(8-5-13)29-11-10-18(24)21-20-23-22-19(28-20)16-9-6-14(26-2)12-17(16)27-3/h4-9,12H,10-11H2,1-3H3,(H,21,23,24). The first-order valence-electron chi connectivity index (χ1n) is 8.75. The minimum absolute atomic E-state index is 0.0392. The molecular weight excluding hydrogens is 394 g/mol. The maximum absolute atomic E-state index is 12.1. The highest BCUT2D eigenvalue weighted by molar-refractivity contribution is 7.99. The average Bonchev–Trinajstić information content (AvgIpc) is 3.21. The third-order valence-electron chi connectivity index (χ3n) is 3.97. The molecule has 29 heavy (non-hydrogen) atoms. The fourth-order valence-corrected chi connectivity index (χ4v) is 3.32. The summed E-state index contributed by atoms with van der Waals surface area (Å²) in [5.41, 5.74) is 0.608. The summed E-state index contributed by atoms with van der Waals surface area (Å²) < 4.78 is 21.2. The lowest BCUT2D eigenvalue weighted by Gasteiger charge is -2.07. The number of benzene rings is 2. The molecule has 1 N–H and O–H groups in total. The fourth-order valence-electron chi connectivity index (χ4n) is 2.47. The topological polar surface area (TPSA) is 95.7 Å². The van der Waals surface area contributed by atoms with Gasteiger partial charge in [-0.05, 0) is 36.4 Å². The van der Waals surface area contributed by atoms with Crippen molar-refractivity contribution in [3.63, 3.8) is 0 Å². The first kappa shape index (κ1) is 20.5. The zero-order chi connectivity index (χ0) is 20.6. The van der Waals surface area contributed by atoms with Gasteiger partial charge in [0, 0.05) is 23.1 Å². The number of carbonyl (C=O) groups is 1. The number of hydrogen-bond donors (Lipinski definition) is 1. The molecule has 3 aromatic rings. The molecule has 1 heterocycles. The molecule has 9 heteroatoms. The number of carbonyl (C=O) groups excluding carboxylic acids is 1. The van der Waals surface area contributed by atoms with Gasteiger partial charge in [-0.2, -0.15) is 0 Å². The maximum Gasteiger partial charge on any atom is 0.322 e. The SMILES string of the molecule is COc1ccc(SCCC(=O)Nc2nnc(-c3ccc(OC)cc3OC)o2)cc1. The Morgan fingerprint density at radius 3 is 2.41 bits per heavy atom. The minimum atomic E-state index is -0.206. The minimum Gasteiger partial charge on any atom is -0.497 e. The highest BCUT2D eigenvalue weighted by atomic mass is 32.2. The van der Waals surface area contributed by atoms with E-state index in [1.807, 2.05) is 24.3 Å². The first-order chi connectivity index (χ1) is 14.1. The van der Waals surface area contributed by atoms with E-state index in [1.54, 1.807) is 44.2 Å². The van der Waals surface area contributed by atoms with Crippen LogP contribution in [0, 0.1) is 0 Å². The van der Waals surface area contributed by atoms with Gasteiger partial charge < -0.3 is 18.6 Å². The highest BCUT2D eigenvalue weighted by Crippen LogP contribution is 2.33. The van der Waals surface area contributed by atoms with Crippen molar-refractivity contribution in [1.82, 2.24) is 10.2 Å². The van der Waals surface area contributed by atoms with Crippen LogP contribution in [-0.4, -0.2) is 43.2 Å². The van der Waals surface area contributed by atoms with Gasteiger partial charge in [0.15, 0.2) is 0 Å². The summed E-state index contributed by atoms with van der Waals surface area (Å²) in [6.45, 7) is 0. The molecule has 0 aliphatic carbocycles. The molecule has 0 fully saturated rings. The summed E-state index contributed by atoms with van der Waals surface area (Å²) in [6, 6.07) is 12.9. The summed E-state index contributed by atoms with van der Waals surface area (Å²) >= 11 is 1.58. The van der Waals surface area contributed by atoms with Gasteiger partial charge in [0.1, 0.15) is 17.2 Å². The second-order valence-electron chi connectivity index (χ2n) is 5.80. The number of anilines is 1.